The number of nitrogens with zero attached hydrogens (tertiary/aromatic N) is 1. The van der Waals surface area contributed by atoms with Gasteiger partial charge in [-0.1, -0.05) is 0 Å². The molecule has 0 bridgehead atoms. The molecule has 1 aliphatic rings. The van der Waals surface area contributed by atoms with Crippen molar-refractivity contribution in [3.05, 3.63) is 17.4 Å². The van der Waals surface area contributed by atoms with E-state index in [0.717, 1.165) is 11.0 Å². The van der Waals surface area contributed by atoms with Gasteiger partial charge in [-0.2, -0.15) is 0 Å². The Hall–Kier alpha value is -1.91. The van der Waals surface area contributed by atoms with E-state index in [1.807, 2.05) is 0 Å². The highest BCUT2D eigenvalue weighted by molar-refractivity contribution is 7.89. The quantitative estimate of drug-likeness (QED) is 0.756. The number of carboxylic acid groups (broad SMARTS) is 1. The second kappa shape index (κ2) is 6.30. The number of carbonyl (C=O) groups is 2. The van der Waals surface area contributed by atoms with Gasteiger partial charge in [0.15, 0.2) is 0 Å². The van der Waals surface area contributed by atoms with Crippen LogP contribution in [0.2, 0.25) is 0 Å². The third-order valence-corrected chi connectivity index (χ3v) is 5.07. The number of amides is 1. The molecule has 2 heterocycles. The van der Waals surface area contributed by atoms with E-state index in [4.69, 9.17) is 9.15 Å². The van der Waals surface area contributed by atoms with E-state index in [-0.39, 0.29) is 30.4 Å². The van der Waals surface area contributed by atoms with E-state index in [2.05, 4.69) is 4.72 Å². The number of aliphatic carboxylic acids is 1. The zero-order valence-electron chi connectivity index (χ0n) is 12.9. The number of likely N-dealkylation sites (tertiary alicyclic amines) is 1. The topological polar surface area (TPSA) is 126 Å². The Bertz CT molecular complexity index is 725. The molecule has 0 spiro atoms. The molecular weight excluding hydrogens is 328 g/mol. The first-order valence-corrected chi connectivity index (χ1v) is 8.30. The third kappa shape index (κ3) is 3.23. The lowest BCUT2D eigenvalue weighted by atomic mass is 10.2. The van der Waals surface area contributed by atoms with Crippen LogP contribution in [0.15, 0.2) is 15.6 Å². The van der Waals surface area contributed by atoms with E-state index in [1.165, 1.54) is 21.1 Å². The first-order chi connectivity index (χ1) is 10.7. The van der Waals surface area contributed by atoms with Gasteiger partial charge in [-0.3, -0.25) is 4.79 Å². The number of carbonyl (C=O) groups excluding carboxylic acids is 1. The summed E-state index contributed by atoms with van der Waals surface area (Å²) in [5.74, 6) is -1.63. The molecule has 9 nitrogen and oxygen atoms in total. The van der Waals surface area contributed by atoms with E-state index >= 15 is 0 Å². The maximum atomic E-state index is 12.6. The van der Waals surface area contributed by atoms with E-state index in [9.17, 15) is 23.1 Å². The number of ether oxygens (including phenoxy) is 1. The number of hydrogen-bond acceptors (Lipinski definition) is 6. The van der Waals surface area contributed by atoms with Gasteiger partial charge in [0.1, 0.15) is 11.8 Å². The number of aryl methyl sites for hydroxylation is 1. The molecule has 1 amide bonds. The lowest BCUT2D eigenvalue weighted by Crippen LogP contribution is -2.40. The highest BCUT2D eigenvalue weighted by Crippen LogP contribution is 2.26. The van der Waals surface area contributed by atoms with Crippen LogP contribution in [-0.2, 0) is 19.6 Å². The predicted octanol–water partition coefficient (Wildman–Crippen LogP) is -0.190. The van der Waals surface area contributed by atoms with Crippen LogP contribution in [0.4, 0.5) is 0 Å². The van der Waals surface area contributed by atoms with E-state index in [0.29, 0.717) is 0 Å². The molecule has 0 aliphatic carbocycles. The largest absolute Gasteiger partial charge is 0.480 e. The Morgan fingerprint density at radius 2 is 2.13 bits per heavy atom. The first kappa shape index (κ1) is 17.4. The molecule has 0 radical (unpaired) electrons. The Morgan fingerprint density at radius 3 is 2.65 bits per heavy atom. The van der Waals surface area contributed by atoms with Gasteiger partial charge in [0.05, 0.1) is 11.7 Å². The summed E-state index contributed by atoms with van der Waals surface area (Å²) in [6.07, 6.45) is -0.205. The summed E-state index contributed by atoms with van der Waals surface area (Å²) in [5, 5.41) is 8.86. The fourth-order valence-electron chi connectivity index (χ4n) is 2.48. The van der Waals surface area contributed by atoms with Gasteiger partial charge >= 0.3 is 5.97 Å². The van der Waals surface area contributed by atoms with Crippen LogP contribution >= 0.6 is 0 Å². The van der Waals surface area contributed by atoms with Crippen molar-refractivity contribution in [2.75, 3.05) is 20.7 Å². The molecule has 128 valence electrons. The Labute approximate surface area is 133 Å². The third-order valence-electron chi connectivity index (χ3n) is 3.80. The molecule has 1 aromatic rings. The minimum absolute atomic E-state index is 0.0156. The number of nitrogens with one attached hydrogen (secondary N) is 1. The zero-order valence-corrected chi connectivity index (χ0v) is 13.7. The van der Waals surface area contributed by atoms with Gasteiger partial charge in [0.2, 0.25) is 5.09 Å². The summed E-state index contributed by atoms with van der Waals surface area (Å²) in [6, 6.07) is 0.0776. The molecule has 0 aromatic carbocycles. The molecule has 1 aliphatic heterocycles. The number of sulfonamides is 1. The number of rotatable bonds is 5. The number of carboxylic acids is 1. The number of furan rings is 1. The van der Waals surface area contributed by atoms with Gasteiger partial charge in [0.25, 0.3) is 15.9 Å². The standard InChI is InChI=1S/C13H18N2O7S/c1-7-9(5-11(22-7)23(19,20)14-2)12(16)15-6-8(21-3)4-10(15)13(17)18/h5,8,10,14H,4,6H2,1-3H3,(H,17,18). The Morgan fingerprint density at radius 1 is 1.48 bits per heavy atom. The molecule has 2 atom stereocenters. The van der Waals surface area contributed by atoms with Crippen LogP contribution in [0.25, 0.3) is 0 Å². The summed E-state index contributed by atoms with van der Waals surface area (Å²) in [6.45, 7) is 1.56. The predicted molar refractivity (Wildman–Crippen MR) is 77.6 cm³/mol. The molecule has 2 N–H and O–H groups in total. The first-order valence-electron chi connectivity index (χ1n) is 6.81. The van der Waals surface area contributed by atoms with Gasteiger partial charge < -0.3 is 19.2 Å². The molecule has 0 saturated carbocycles. The van der Waals surface area contributed by atoms with Gasteiger partial charge in [-0.05, 0) is 14.0 Å². The van der Waals surface area contributed by atoms with Crippen molar-refractivity contribution in [3.63, 3.8) is 0 Å². The van der Waals surface area contributed by atoms with Gasteiger partial charge in [-0.25, -0.2) is 17.9 Å². The fraction of sp³-hybridized carbons (Fsp3) is 0.538. The highest BCUT2D eigenvalue weighted by Gasteiger charge is 2.41. The van der Waals surface area contributed by atoms with Crippen LogP contribution in [0, 0.1) is 6.92 Å². The SMILES string of the molecule is CNS(=O)(=O)c1cc(C(=O)N2CC(OC)CC2C(=O)O)c(C)o1. The van der Waals surface area contributed by atoms with Crippen molar-refractivity contribution in [3.8, 4) is 0 Å². The van der Waals surface area contributed by atoms with Crippen LogP contribution in [0.5, 0.6) is 0 Å². The van der Waals surface area contributed by atoms with Crippen molar-refractivity contribution in [2.24, 2.45) is 0 Å². The van der Waals surface area contributed by atoms with Crippen LogP contribution in [0.1, 0.15) is 22.5 Å². The average molecular weight is 346 g/mol. The Kier molecular flexibility index (Phi) is 4.78. The van der Waals surface area contributed by atoms with Crippen LogP contribution in [-0.4, -0.2) is 63.1 Å². The summed E-state index contributed by atoms with van der Waals surface area (Å²) in [7, 11) is -1.17. The average Bonchev–Trinajstić information content (AvgIpc) is 3.10. The second-order valence-electron chi connectivity index (χ2n) is 5.15. The molecule has 1 fully saturated rings. The Balaban J connectivity index is 2.35. The lowest BCUT2D eigenvalue weighted by molar-refractivity contribution is -0.141. The molecule has 23 heavy (non-hydrogen) atoms. The molecule has 2 rings (SSSR count). The van der Waals surface area contributed by atoms with Crippen molar-refractivity contribution in [1.29, 1.82) is 0 Å². The zero-order chi connectivity index (χ0) is 17.4. The number of methoxy groups -OCH3 is 1. The summed E-state index contributed by atoms with van der Waals surface area (Å²) < 4.78 is 35.8. The van der Waals surface area contributed by atoms with Gasteiger partial charge in [0, 0.05) is 26.1 Å². The normalized spacial score (nSPS) is 21.6. The van der Waals surface area contributed by atoms with Crippen LogP contribution < -0.4 is 4.72 Å². The fourth-order valence-corrected chi connectivity index (χ4v) is 3.19. The van der Waals surface area contributed by atoms with Crippen molar-refractivity contribution >= 4 is 21.9 Å². The van der Waals surface area contributed by atoms with Crippen molar-refractivity contribution in [1.82, 2.24) is 9.62 Å². The summed E-state index contributed by atoms with van der Waals surface area (Å²) in [4.78, 5) is 25.1. The van der Waals surface area contributed by atoms with Gasteiger partial charge in [-0.15, -0.1) is 0 Å². The van der Waals surface area contributed by atoms with Crippen LogP contribution in [0.3, 0.4) is 0 Å². The maximum Gasteiger partial charge on any atom is 0.326 e. The van der Waals surface area contributed by atoms with E-state index in [1.54, 1.807) is 0 Å². The lowest BCUT2D eigenvalue weighted by Gasteiger charge is -2.20. The molecule has 10 heteroatoms. The monoisotopic (exact) mass is 346 g/mol. The van der Waals surface area contributed by atoms with Crippen molar-refractivity contribution < 1.29 is 32.3 Å². The molecular formula is C13H18N2O7S. The minimum Gasteiger partial charge on any atom is -0.480 e. The van der Waals surface area contributed by atoms with Crippen molar-refractivity contribution in [2.45, 2.75) is 30.6 Å². The number of hydrogen-bond donors (Lipinski definition) is 2. The summed E-state index contributed by atoms with van der Waals surface area (Å²) in [5.41, 5.74) is 0.0156. The second-order valence-corrected chi connectivity index (χ2v) is 6.97. The molecule has 2 unspecified atom stereocenters. The highest BCUT2D eigenvalue weighted by atomic mass is 32.2. The van der Waals surface area contributed by atoms with E-state index < -0.39 is 33.0 Å². The molecule has 1 aromatic heterocycles. The maximum absolute atomic E-state index is 12.6. The minimum atomic E-state index is -3.83. The smallest absolute Gasteiger partial charge is 0.326 e. The summed E-state index contributed by atoms with van der Waals surface area (Å²) >= 11 is 0. The molecule has 1 saturated heterocycles.